The monoisotopic (exact) mass is 404 g/mol. The number of fused-ring (bicyclic) bond motifs is 2. The molecule has 0 bridgehead atoms. The van der Waals surface area contributed by atoms with Crippen molar-refractivity contribution < 1.29 is 9.53 Å². The average Bonchev–Trinajstić information content (AvgIpc) is 2.79. The van der Waals surface area contributed by atoms with E-state index >= 15 is 0 Å². The van der Waals surface area contributed by atoms with Crippen LogP contribution in [0.15, 0.2) is 53.3 Å². The van der Waals surface area contributed by atoms with Gasteiger partial charge in [0.15, 0.2) is 0 Å². The van der Waals surface area contributed by atoms with Crippen molar-refractivity contribution in [1.82, 2.24) is 19.8 Å². The lowest BCUT2D eigenvalue weighted by Crippen LogP contribution is -2.51. The fraction of sp³-hybridized carbons (Fsp3) is 0.348. The largest absolute Gasteiger partial charge is 0.492 e. The molecule has 2 aliphatic heterocycles. The molecule has 30 heavy (non-hydrogen) atoms. The number of ether oxygens (including phenoxy) is 1. The highest BCUT2D eigenvalue weighted by atomic mass is 16.5. The minimum absolute atomic E-state index is 0.109. The van der Waals surface area contributed by atoms with E-state index < -0.39 is 0 Å². The minimum atomic E-state index is -0.120. The number of amides is 1. The first-order valence-electron chi connectivity index (χ1n) is 10.4. The maximum atomic E-state index is 13.0. The Morgan fingerprint density at radius 3 is 2.70 bits per heavy atom. The third kappa shape index (κ3) is 3.68. The quantitative estimate of drug-likeness (QED) is 0.721. The van der Waals surface area contributed by atoms with Gasteiger partial charge in [0.1, 0.15) is 18.2 Å². The molecule has 0 saturated carbocycles. The maximum absolute atomic E-state index is 13.0. The molecule has 1 amide bonds. The molecule has 7 heteroatoms. The Morgan fingerprint density at radius 1 is 1.07 bits per heavy atom. The molecule has 0 spiro atoms. The van der Waals surface area contributed by atoms with Crippen LogP contribution < -0.4 is 10.3 Å². The van der Waals surface area contributed by atoms with Crippen LogP contribution in [0, 0.1) is 5.92 Å². The van der Waals surface area contributed by atoms with Gasteiger partial charge in [0.05, 0.1) is 23.4 Å². The summed E-state index contributed by atoms with van der Waals surface area (Å²) in [5, 5.41) is 0.605. The molecule has 5 rings (SSSR count). The molecular formula is C23H24N4O3. The molecule has 0 aliphatic carbocycles. The zero-order valence-electron chi connectivity index (χ0n) is 16.7. The maximum Gasteiger partial charge on any atom is 0.258 e. The highest BCUT2D eigenvalue weighted by Crippen LogP contribution is 2.28. The molecule has 3 heterocycles. The fourth-order valence-electron chi connectivity index (χ4n) is 4.29. The standard InChI is InChI=1S/C23H24N4O3/c28-22-18-6-2-3-7-19(18)24-21(25-22)14-26-9-11-27(12-10-26)23(29)17-13-16-5-1-4-8-20(16)30-15-17/h1-8,17H,9-15H2,(H,24,25,28)/t17-/m0/s1. The molecule has 1 atom stereocenters. The van der Waals surface area contributed by atoms with Gasteiger partial charge in [0, 0.05) is 26.2 Å². The molecule has 0 unspecified atom stereocenters. The highest BCUT2D eigenvalue weighted by Gasteiger charge is 2.31. The lowest BCUT2D eigenvalue weighted by atomic mass is 9.95. The molecular weight excluding hydrogens is 380 g/mol. The number of carbonyl (C=O) groups is 1. The number of hydrogen-bond acceptors (Lipinski definition) is 5. The summed E-state index contributed by atoms with van der Waals surface area (Å²) >= 11 is 0. The van der Waals surface area contributed by atoms with Crippen LogP contribution in [0.5, 0.6) is 5.75 Å². The molecule has 0 radical (unpaired) electrons. The first-order chi connectivity index (χ1) is 14.7. The summed E-state index contributed by atoms with van der Waals surface area (Å²) in [4.78, 5) is 36.9. The normalized spacial score (nSPS) is 19.3. The van der Waals surface area contributed by atoms with Gasteiger partial charge in [-0.2, -0.15) is 0 Å². The second-order valence-corrected chi connectivity index (χ2v) is 7.95. The smallest absolute Gasteiger partial charge is 0.258 e. The molecule has 2 aromatic carbocycles. The molecule has 3 aromatic rings. The van der Waals surface area contributed by atoms with Gasteiger partial charge in [-0.05, 0) is 30.2 Å². The van der Waals surface area contributed by atoms with E-state index in [1.807, 2.05) is 47.4 Å². The number of benzene rings is 2. The van der Waals surface area contributed by atoms with E-state index in [9.17, 15) is 9.59 Å². The lowest BCUT2D eigenvalue weighted by molar-refractivity contribution is -0.138. The lowest BCUT2D eigenvalue weighted by Gasteiger charge is -2.37. The van der Waals surface area contributed by atoms with E-state index in [1.54, 1.807) is 6.07 Å². The SMILES string of the molecule is O=C([C@@H]1COc2ccccc2C1)N1CCN(Cc2nc3ccccc3c(=O)[nH]2)CC1. The van der Waals surface area contributed by atoms with Crippen molar-refractivity contribution in [2.45, 2.75) is 13.0 Å². The number of piperazine rings is 1. The van der Waals surface area contributed by atoms with Crippen LogP contribution in [-0.2, 0) is 17.8 Å². The number of nitrogens with zero attached hydrogens (tertiary/aromatic N) is 3. The summed E-state index contributed by atoms with van der Waals surface area (Å²) in [6, 6.07) is 15.3. The topological polar surface area (TPSA) is 78.5 Å². The fourth-order valence-corrected chi connectivity index (χ4v) is 4.29. The molecule has 1 saturated heterocycles. The molecule has 1 N–H and O–H groups in total. The van der Waals surface area contributed by atoms with E-state index in [0.717, 1.165) is 30.8 Å². The van der Waals surface area contributed by atoms with Gasteiger partial charge in [-0.1, -0.05) is 30.3 Å². The predicted molar refractivity (Wildman–Crippen MR) is 113 cm³/mol. The number of hydrogen-bond donors (Lipinski definition) is 1. The Kier molecular flexibility index (Phi) is 4.96. The van der Waals surface area contributed by atoms with E-state index in [-0.39, 0.29) is 17.4 Å². The van der Waals surface area contributed by atoms with Crippen LogP contribution >= 0.6 is 0 Å². The summed E-state index contributed by atoms with van der Waals surface area (Å²) in [7, 11) is 0. The number of para-hydroxylation sites is 2. The predicted octanol–water partition coefficient (Wildman–Crippen LogP) is 1.82. The Hall–Kier alpha value is -3.19. The number of rotatable bonds is 3. The number of nitrogens with one attached hydrogen (secondary N) is 1. The highest BCUT2D eigenvalue weighted by molar-refractivity contribution is 5.80. The summed E-state index contributed by atoms with van der Waals surface area (Å²) in [6.07, 6.45) is 0.734. The van der Waals surface area contributed by atoms with Crippen molar-refractivity contribution in [2.75, 3.05) is 32.8 Å². The number of aromatic nitrogens is 2. The molecule has 2 aliphatic rings. The number of aromatic amines is 1. The van der Waals surface area contributed by atoms with Crippen LogP contribution in [-0.4, -0.2) is 58.5 Å². The van der Waals surface area contributed by atoms with Crippen molar-refractivity contribution in [2.24, 2.45) is 5.92 Å². The summed E-state index contributed by atoms with van der Waals surface area (Å²) in [6.45, 7) is 3.88. The Bertz CT molecular complexity index is 1130. The summed E-state index contributed by atoms with van der Waals surface area (Å²) < 4.78 is 5.79. The molecule has 1 aromatic heterocycles. The molecule has 1 fully saturated rings. The summed E-state index contributed by atoms with van der Waals surface area (Å²) in [5.41, 5.74) is 1.71. The van der Waals surface area contributed by atoms with Crippen LogP contribution in [0.4, 0.5) is 0 Å². The Balaban J connectivity index is 1.20. The minimum Gasteiger partial charge on any atom is -0.492 e. The van der Waals surface area contributed by atoms with Crippen molar-refractivity contribution in [3.05, 3.63) is 70.3 Å². The van der Waals surface area contributed by atoms with Crippen LogP contribution in [0.1, 0.15) is 11.4 Å². The van der Waals surface area contributed by atoms with E-state index in [1.165, 1.54) is 0 Å². The first kappa shape index (κ1) is 18.8. The average molecular weight is 404 g/mol. The zero-order valence-corrected chi connectivity index (χ0v) is 16.7. The van der Waals surface area contributed by atoms with E-state index in [2.05, 4.69) is 14.9 Å². The Morgan fingerprint density at radius 2 is 1.83 bits per heavy atom. The van der Waals surface area contributed by atoms with Gasteiger partial charge < -0.3 is 14.6 Å². The van der Waals surface area contributed by atoms with Crippen molar-refractivity contribution in [1.29, 1.82) is 0 Å². The van der Waals surface area contributed by atoms with Crippen molar-refractivity contribution >= 4 is 16.8 Å². The van der Waals surface area contributed by atoms with Gasteiger partial charge >= 0.3 is 0 Å². The van der Waals surface area contributed by atoms with Gasteiger partial charge in [-0.25, -0.2) is 4.98 Å². The molecule has 7 nitrogen and oxygen atoms in total. The van der Waals surface area contributed by atoms with E-state index in [4.69, 9.17) is 4.74 Å². The van der Waals surface area contributed by atoms with Crippen LogP contribution in [0.25, 0.3) is 10.9 Å². The number of H-pyrrole nitrogens is 1. The van der Waals surface area contributed by atoms with Gasteiger partial charge in [0.2, 0.25) is 5.91 Å². The summed E-state index contributed by atoms with van der Waals surface area (Å²) in [5.74, 6) is 1.60. The van der Waals surface area contributed by atoms with Gasteiger partial charge in [-0.15, -0.1) is 0 Å². The third-order valence-corrected chi connectivity index (χ3v) is 5.95. The van der Waals surface area contributed by atoms with Crippen LogP contribution in [0.2, 0.25) is 0 Å². The van der Waals surface area contributed by atoms with Gasteiger partial charge in [0.25, 0.3) is 5.56 Å². The van der Waals surface area contributed by atoms with Crippen molar-refractivity contribution in [3.8, 4) is 5.75 Å². The Labute approximate surface area is 174 Å². The molecule has 154 valence electrons. The third-order valence-electron chi connectivity index (χ3n) is 5.95. The second-order valence-electron chi connectivity index (χ2n) is 7.95. The number of carbonyl (C=O) groups excluding carboxylic acids is 1. The van der Waals surface area contributed by atoms with E-state index in [0.29, 0.717) is 43.0 Å². The van der Waals surface area contributed by atoms with Crippen LogP contribution in [0.3, 0.4) is 0 Å². The van der Waals surface area contributed by atoms with Crippen molar-refractivity contribution in [3.63, 3.8) is 0 Å². The second kappa shape index (κ2) is 7.91. The first-order valence-corrected chi connectivity index (χ1v) is 10.4. The van der Waals surface area contributed by atoms with Gasteiger partial charge in [-0.3, -0.25) is 14.5 Å². The zero-order chi connectivity index (χ0) is 20.5.